The highest BCUT2D eigenvalue weighted by Gasteiger charge is 2.33. The van der Waals surface area contributed by atoms with E-state index in [9.17, 15) is 36.3 Å². The number of hydrogen-bond donors (Lipinski definition) is 2. The highest BCUT2D eigenvalue weighted by molar-refractivity contribution is 7.92. The Morgan fingerprint density at radius 3 is 2.24 bits per heavy atom. The van der Waals surface area contributed by atoms with Crippen LogP contribution in [0.15, 0.2) is 77.7 Å². The molecule has 3 aromatic rings. The maximum Gasteiger partial charge on any atom is 0.416 e. The van der Waals surface area contributed by atoms with E-state index in [4.69, 9.17) is 0 Å². The summed E-state index contributed by atoms with van der Waals surface area (Å²) in [5.41, 5.74) is -1.03. The van der Waals surface area contributed by atoms with Gasteiger partial charge >= 0.3 is 12.1 Å². The van der Waals surface area contributed by atoms with E-state index in [2.05, 4.69) is 5.32 Å². The lowest BCUT2D eigenvalue weighted by atomic mass is 10.2. The number of carbonyl (C=O) groups is 2. The number of sulfonamides is 1. The normalized spacial score (nSPS) is 11.6. The molecule has 0 aliphatic heterocycles. The van der Waals surface area contributed by atoms with Gasteiger partial charge in [0, 0.05) is 0 Å². The molecule has 3 rings (SSSR count). The van der Waals surface area contributed by atoms with Gasteiger partial charge in [-0.25, -0.2) is 13.2 Å². The van der Waals surface area contributed by atoms with Crippen molar-refractivity contribution in [2.75, 3.05) is 16.2 Å². The zero-order valence-electron chi connectivity index (χ0n) is 17.7. The summed E-state index contributed by atoms with van der Waals surface area (Å²) < 4.78 is 67.0. The highest BCUT2D eigenvalue weighted by Crippen LogP contribution is 2.33. The first kappa shape index (κ1) is 24.8. The van der Waals surface area contributed by atoms with Gasteiger partial charge in [-0.1, -0.05) is 35.9 Å². The lowest BCUT2D eigenvalue weighted by Gasteiger charge is -2.25. The van der Waals surface area contributed by atoms with Crippen molar-refractivity contribution in [3.63, 3.8) is 0 Å². The first-order valence-electron chi connectivity index (χ1n) is 9.78. The second-order valence-corrected chi connectivity index (χ2v) is 9.13. The van der Waals surface area contributed by atoms with E-state index < -0.39 is 40.2 Å². The van der Waals surface area contributed by atoms with Crippen LogP contribution in [-0.4, -0.2) is 31.9 Å². The van der Waals surface area contributed by atoms with Gasteiger partial charge < -0.3 is 10.4 Å². The lowest BCUT2D eigenvalue weighted by molar-refractivity contribution is -0.137. The topological polar surface area (TPSA) is 104 Å². The lowest BCUT2D eigenvalue weighted by Crippen LogP contribution is -2.38. The first-order valence-corrected chi connectivity index (χ1v) is 11.2. The van der Waals surface area contributed by atoms with Gasteiger partial charge in [0.05, 0.1) is 27.4 Å². The number of hydrogen-bond acceptors (Lipinski definition) is 4. The smallest absolute Gasteiger partial charge is 0.416 e. The van der Waals surface area contributed by atoms with Crippen LogP contribution in [-0.2, 0) is 21.0 Å². The van der Waals surface area contributed by atoms with Gasteiger partial charge in [-0.2, -0.15) is 13.2 Å². The average Bonchev–Trinajstić information content (AvgIpc) is 2.77. The van der Waals surface area contributed by atoms with Crippen LogP contribution in [0.3, 0.4) is 0 Å². The molecule has 0 unspecified atom stereocenters. The van der Waals surface area contributed by atoms with Gasteiger partial charge in [0.1, 0.15) is 6.54 Å². The summed E-state index contributed by atoms with van der Waals surface area (Å²) in [4.78, 5) is 23.9. The Kier molecular flexibility index (Phi) is 6.96. The molecule has 0 spiro atoms. The Labute approximate surface area is 193 Å². The molecule has 7 nitrogen and oxygen atoms in total. The van der Waals surface area contributed by atoms with E-state index in [0.717, 1.165) is 23.8 Å². The fourth-order valence-electron chi connectivity index (χ4n) is 3.09. The maximum absolute atomic E-state index is 13.3. The Morgan fingerprint density at radius 1 is 0.971 bits per heavy atom. The largest absolute Gasteiger partial charge is 0.478 e. The number of halogens is 3. The minimum Gasteiger partial charge on any atom is -0.478 e. The minimum atomic E-state index is -4.74. The molecule has 2 N–H and O–H groups in total. The van der Waals surface area contributed by atoms with Crippen molar-refractivity contribution in [1.82, 2.24) is 0 Å². The monoisotopic (exact) mass is 492 g/mol. The molecule has 0 aliphatic rings. The SMILES string of the molecule is Cc1ccc(S(=O)(=O)N(CC(=O)Nc2ccccc2C(=O)O)c2cccc(C(F)(F)F)c2)cc1. The zero-order chi connectivity index (χ0) is 25.1. The number of carboxylic acids is 1. The van der Waals surface area contributed by atoms with Gasteiger partial charge in [0.2, 0.25) is 5.91 Å². The molecule has 11 heteroatoms. The van der Waals surface area contributed by atoms with Crippen molar-refractivity contribution in [2.24, 2.45) is 0 Å². The molecule has 0 atom stereocenters. The standard InChI is InChI=1S/C23H19F3N2O5S/c1-15-9-11-18(12-10-15)34(32,33)28(17-6-4-5-16(13-17)23(24,25)26)14-21(29)27-20-8-3-2-7-19(20)22(30)31/h2-13H,14H2,1H3,(H,27,29)(H,30,31). The van der Waals surface area contributed by atoms with Crippen molar-refractivity contribution in [3.05, 3.63) is 89.5 Å². The summed E-state index contributed by atoms with van der Waals surface area (Å²) in [5.74, 6) is -2.26. The van der Waals surface area contributed by atoms with Crippen LogP contribution in [0, 0.1) is 6.92 Å². The summed E-state index contributed by atoms with van der Waals surface area (Å²) in [6.07, 6.45) is -4.74. The average molecular weight is 492 g/mol. The minimum absolute atomic E-state index is 0.0864. The van der Waals surface area contributed by atoms with Crippen molar-refractivity contribution >= 4 is 33.3 Å². The van der Waals surface area contributed by atoms with Crippen LogP contribution < -0.4 is 9.62 Å². The van der Waals surface area contributed by atoms with E-state index in [-0.39, 0.29) is 21.8 Å². The number of aryl methyl sites for hydroxylation is 1. The number of rotatable bonds is 7. The number of nitrogens with one attached hydrogen (secondary N) is 1. The summed E-state index contributed by atoms with van der Waals surface area (Å²) in [5, 5.41) is 11.6. The zero-order valence-corrected chi connectivity index (χ0v) is 18.5. The molecule has 0 saturated carbocycles. The Morgan fingerprint density at radius 2 is 1.62 bits per heavy atom. The van der Waals surface area contributed by atoms with Gasteiger partial charge in [-0.05, 0) is 49.4 Å². The number of alkyl halides is 3. The van der Waals surface area contributed by atoms with E-state index in [1.807, 2.05) is 0 Å². The van der Waals surface area contributed by atoms with E-state index in [1.54, 1.807) is 6.92 Å². The molecular formula is C23H19F3N2O5S. The number of anilines is 2. The molecule has 0 heterocycles. The highest BCUT2D eigenvalue weighted by atomic mass is 32.2. The molecule has 0 radical (unpaired) electrons. The molecule has 0 aliphatic carbocycles. The third kappa shape index (κ3) is 5.54. The van der Waals surface area contributed by atoms with Crippen LogP contribution >= 0.6 is 0 Å². The predicted octanol–water partition coefficient (Wildman–Crippen LogP) is 4.55. The van der Waals surface area contributed by atoms with E-state index >= 15 is 0 Å². The second kappa shape index (κ2) is 9.56. The van der Waals surface area contributed by atoms with Crippen LogP contribution in [0.4, 0.5) is 24.5 Å². The third-order valence-electron chi connectivity index (χ3n) is 4.79. The second-order valence-electron chi connectivity index (χ2n) is 7.27. The number of carbonyl (C=O) groups excluding carboxylic acids is 1. The maximum atomic E-state index is 13.3. The molecule has 0 saturated heterocycles. The van der Waals surface area contributed by atoms with Crippen LogP contribution in [0.2, 0.25) is 0 Å². The van der Waals surface area contributed by atoms with Crippen molar-refractivity contribution in [1.29, 1.82) is 0 Å². The first-order chi connectivity index (χ1) is 15.9. The van der Waals surface area contributed by atoms with Crippen molar-refractivity contribution < 1.29 is 36.3 Å². The number of nitrogens with zero attached hydrogens (tertiary/aromatic N) is 1. The summed E-state index contributed by atoms with van der Waals surface area (Å²) in [6, 6.07) is 14.6. The molecule has 0 aromatic heterocycles. The number of para-hydroxylation sites is 1. The number of benzene rings is 3. The van der Waals surface area contributed by atoms with E-state index in [1.165, 1.54) is 48.5 Å². The third-order valence-corrected chi connectivity index (χ3v) is 6.58. The van der Waals surface area contributed by atoms with E-state index in [0.29, 0.717) is 10.4 Å². The van der Waals surface area contributed by atoms with Gasteiger partial charge in [0.25, 0.3) is 10.0 Å². The summed E-state index contributed by atoms with van der Waals surface area (Å²) in [6.45, 7) is 0.833. The van der Waals surface area contributed by atoms with Gasteiger partial charge in [-0.3, -0.25) is 9.10 Å². The fraction of sp³-hybridized carbons (Fsp3) is 0.130. The van der Waals surface area contributed by atoms with Gasteiger partial charge in [0.15, 0.2) is 0 Å². The molecule has 34 heavy (non-hydrogen) atoms. The molecular weight excluding hydrogens is 473 g/mol. The van der Waals surface area contributed by atoms with Crippen LogP contribution in [0.25, 0.3) is 0 Å². The number of amides is 1. The van der Waals surface area contributed by atoms with Crippen LogP contribution in [0.5, 0.6) is 0 Å². The number of carboxylic acid groups (broad SMARTS) is 1. The van der Waals surface area contributed by atoms with Gasteiger partial charge in [-0.15, -0.1) is 0 Å². The predicted molar refractivity (Wildman–Crippen MR) is 119 cm³/mol. The van der Waals surface area contributed by atoms with Crippen molar-refractivity contribution in [2.45, 2.75) is 18.0 Å². The molecule has 178 valence electrons. The Hall–Kier alpha value is -3.86. The number of aromatic carboxylic acids is 1. The van der Waals surface area contributed by atoms with Crippen LogP contribution in [0.1, 0.15) is 21.5 Å². The fourth-order valence-corrected chi connectivity index (χ4v) is 4.50. The Balaban J connectivity index is 2.03. The van der Waals surface area contributed by atoms with Crippen molar-refractivity contribution in [3.8, 4) is 0 Å². The quantitative estimate of drug-likeness (QED) is 0.504. The molecule has 0 bridgehead atoms. The molecule has 3 aromatic carbocycles. The summed E-state index contributed by atoms with van der Waals surface area (Å²) in [7, 11) is -4.46. The Bertz CT molecular complexity index is 1320. The molecule has 1 amide bonds. The molecule has 0 fully saturated rings. The summed E-state index contributed by atoms with van der Waals surface area (Å²) >= 11 is 0.